The minimum Gasteiger partial charge on any atom is -0.347 e. The molecule has 1 amide bonds. The normalized spacial score (nSPS) is 22.2. The first-order chi connectivity index (χ1) is 11.4. The van der Waals surface area contributed by atoms with Crippen LogP contribution in [0.1, 0.15) is 50.5 Å². The molecule has 0 aliphatic carbocycles. The number of piperidine rings is 2. The number of nitrogens with zero attached hydrogens (tertiary/aromatic N) is 4. The van der Waals surface area contributed by atoms with Crippen LogP contribution in [0.15, 0.2) is 0 Å². The molecule has 0 radical (unpaired) electrons. The molecule has 0 bridgehead atoms. The molecule has 3 rings (SSSR count). The van der Waals surface area contributed by atoms with Crippen LogP contribution in [0.3, 0.4) is 0 Å². The SMILES string of the molecule is CC(C)c1nnc(N2CCC(C(=O)N3CCC(F)(F)CC3)CC2)s1. The summed E-state index contributed by atoms with van der Waals surface area (Å²) >= 11 is 1.61. The topological polar surface area (TPSA) is 49.3 Å². The molecule has 2 fully saturated rings. The van der Waals surface area contributed by atoms with Gasteiger partial charge in [-0.2, -0.15) is 0 Å². The van der Waals surface area contributed by atoms with Crippen LogP contribution < -0.4 is 4.90 Å². The predicted octanol–water partition coefficient (Wildman–Crippen LogP) is 3.14. The molecule has 2 saturated heterocycles. The number of likely N-dealkylation sites (tertiary alicyclic amines) is 1. The maximum atomic E-state index is 13.2. The molecule has 134 valence electrons. The van der Waals surface area contributed by atoms with Gasteiger partial charge in [-0.25, -0.2) is 8.78 Å². The molecule has 3 heterocycles. The fourth-order valence-corrected chi connectivity index (χ4v) is 4.12. The van der Waals surface area contributed by atoms with Gasteiger partial charge in [0.15, 0.2) is 0 Å². The average Bonchev–Trinajstić information content (AvgIpc) is 3.05. The van der Waals surface area contributed by atoms with E-state index in [0.29, 0.717) is 5.92 Å². The zero-order chi connectivity index (χ0) is 17.3. The third-order valence-corrected chi connectivity index (χ3v) is 6.13. The van der Waals surface area contributed by atoms with Crippen molar-refractivity contribution in [1.29, 1.82) is 0 Å². The van der Waals surface area contributed by atoms with Gasteiger partial charge in [0.25, 0.3) is 5.92 Å². The molecule has 1 aromatic rings. The molecule has 0 spiro atoms. The molecule has 1 aromatic heterocycles. The summed E-state index contributed by atoms with van der Waals surface area (Å²) in [5, 5.41) is 10.4. The number of aromatic nitrogens is 2. The van der Waals surface area contributed by atoms with Crippen molar-refractivity contribution in [3.63, 3.8) is 0 Å². The lowest BCUT2D eigenvalue weighted by molar-refractivity contribution is -0.142. The Morgan fingerprint density at radius 1 is 1.17 bits per heavy atom. The fourth-order valence-electron chi connectivity index (χ4n) is 3.22. The van der Waals surface area contributed by atoms with E-state index in [0.717, 1.165) is 36.1 Å². The monoisotopic (exact) mass is 358 g/mol. The first-order valence-corrected chi connectivity index (χ1v) is 9.42. The van der Waals surface area contributed by atoms with Gasteiger partial charge in [-0.3, -0.25) is 4.79 Å². The van der Waals surface area contributed by atoms with E-state index in [2.05, 4.69) is 28.9 Å². The van der Waals surface area contributed by atoms with Crippen molar-refractivity contribution in [2.24, 2.45) is 5.92 Å². The summed E-state index contributed by atoms with van der Waals surface area (Å²) in [6.45, 7) is 6.09. The molecule has 0 atom stereocenters. The van der Waals surface area contributed by atoms with Gasteiger partial charge in [0.1, 0.15) is 5.01 Å². The summed E-state index contributed by atoms with van der Waals surface area (Å²) in [4.78, 5) is 16.3. The molecule has 2 aliphatic rings. The van der Waals surface area contributed by atoms with Gasteiger partial charge in [0.2, 0.25) is 11.0 Å². The summed E-state index contributed by atoms with van der Waals surface area (Å²) in [6.07, 6.45) is 1.09. The second-order valence-corrected chi connectivity index (χ2v) is 8.01. The molecule has 8 heteroatoms. The molecule has 0 unspecified atom stereocenters. The van der Waals surface area contributed by atoms with Crippen molar-refractivity contribution in [3.05, 3.63) is 5.01 Å². The van der Waals surface area contributed by atoms with Crippen molar-refractivity contribution < 1.29 is 13.6 Å². The number of carbonyl (C=O) groups is 1. The van der Waals surface area contributed by atoms with E-state index in [9.17, 15) is 13.6 Å². The van der Waals surface area contributed by atoms with Crippen molar-refractivity contribution in [2.45, 2.75) is 51.4 Å². The molecular formula is C16H24F2N4OS. The van der Waals surface area contributed by atoms with Crippen LogP contribution in [0.25, 0.3) is 0 Å². The molecule has 24 heavy (non-hydrogen) atoms. The lowest BCUT2D eigenvalue weighted by atomic mass is 9.94. The van der Waals surface area contributed by atoms with Gasteiger partial charge in [0.05, 0.1) is 0 Å². The average molecular weight is 358 g/mol. The molecule has 5 nitrogen and oxygen atoms in total. The van der Waals surface area contributed by atoms with E-state index < -0.39 is 5.92 Å². The molecule has 0 aromatic carbocycles. The number of halogens is 2. The Kier molecular flexibility index (Phi) is 5.03. The number of anilines is 1. The quantitative estimate of drug-likeness (QED) is 0.833. The standard InChI is InChI=1S/C16H24F2N4OS/c1-11(2)13-19-20-15(24-13)22-7-3-12(4-8-22)14(23)21-9-5-16(17,18)6-10-21/h11-12H,3-10H2,1-2H3. The van der Waals surface area contributed by atoms with E-state index >= 15 is 0 Å². The van der Waals surface area contributed by atoms with Gasteiger partial charge in [0, 0.05) is 50.9 Å². The maximum Gasteiger partial charge on any atom is 0.251 e. The molecule has 0 N–H and O–H groups in total. The number of hydrogen-bond donors (Lipinski definition) is 0. The highest BCUT2D eigenvalue weighted by Crippen LogP contribution is 2.32. The molecule has 0 saturated carbocycles. The van der Waals surface area contributed by atoms with Crippen LogP contribution >= 0.6 is 11.3 Å². The van der Waals surface area contributed by atoms with Gasteiger partial charge in [-0.15, -0.1) is 10.2 Å². The molecule has 2 aliphatic heterocycles. The minimum atomic E-state index is -2.61. The number of amides is 1. The Hall–Kier alpha value is -1.31. The van der Waals surface area contributed by atoms with E-state index in [4.69, 9.17) is 0 Å². The van der Waals surface area contributed by atoms with Crippen LogP contribution in [0, 0.1) is 5.92 Å². The largest absolute Gasteiger partial charge is 0.347 e. The minimum absolute atomic E-state index is 0.0466. The number of hydrogen-bond acceptors (Lipinski definition) is 5. The van der Waals surface area contributed by atoms with Crippen LogP contribution in [0.5, 0.6) is 0 Å². The second-order valence-electron chi connectivity index (χ2n) is 7.02. The first kappa shape index (κ1) is 17.5. The van der Waals surface area contributed by atoms with E-state index in [1.165, 1.54) is 0 Å². The van der Waals surface area contributed by atoms with Crippen LogP contribution in [0.4, 0.5) is 13.9 Å². The number of rotatable bonds is 3. The lowest BCUT2D eigenvalue weighted by Gasteiger charge is -2.37. The Bertz CT molecular complexity index is 574. The van der Waals surface area contributed by atoms with Crippen molar-refractivity contribution in [3.8, 4) is 0 Å². The van der Waals surface area contributed by atoms with Gasteiger partial charge in [-0.1, -0.05) is 25.2 Å². The zero-order valence-electron chi connectivity index (χ0n) is 14.2. The van der Waals surface area contributed by atoms with Gasteiger partial charge in [-0.05, 0) is 12.8 Å². The highest BCUT2D eigenvalue weighted by Gasteiger charge is 2.38. The number of carbonyl (C=O) groups excluding carboxylic acids is 1. The maximum absolute atomic E-state index is 13.2. The van der Waals surface area contributed by atoms with Crippen LogP contribution in [-0.2, 0) is 4.79 Å². The van der Waals surface area contributed by atoms with E-state index in [1.54, 1.807) is 16.2 Å². The van der Waals surface area contributed by atoms with Crippen molar-refractivity contribution >= 4 is 22.4 Å². The third-order valence-electron chi connectivity index (χ3n) is 4.85. The Morgan fingerprint density at radius 3 is 2.33 bits per heavy atom. The summed E-state index contributed by atoms with van der Waals surface area (Å²) < 4.78 is 26.4. The first-order valence-electron chi connectivity index (χ1n) is 8.61. The third kappa shape index (κ3) is 3.84. The molecular weight excluding hydrogens is 334 g/mol. The lowest BCUT2D eigenvalue weighted by Crippen LogP contribution is -2.47. The van der Waals surface area contributed by atoms with Crippen LogP contribution in [0.2, 0.25) is 0 Å². The number of alkyl halides is 2. The van der Waals surface area contributed by atoms with Crippen LogP contribution in [-0.4, -0.2) is 53.1 Å². The van der Waals surface area contributed by atoms with Crippen molar-refractivity contribution in [1.82, 2.24) is 15.1 Å². The van der Waals surface area contributed by atoms with Gasteiger partial charge < -0.3 is 9.80 Å². The Morgan fingerprint density at radius 2 is 1.79 bits per heavy atom. The fraction of sp³-hybridized carbons (Fsp3) is 0.812. The zero-order valence-corrected chi connectivity index (χ0v) is 15.0. The summed E-state index contributed by atoms with van der Waals surface area (Å²) in [5.74, 6) is -2.24. The summed E-state index contributed by atoms with van der Waals surface area (Å²) in [6, 6.07) is 0. The Labute approximate surface area is 145 Å². The van der Waals surface area contributed by atoms with Gasteiger partial charge >= 0.3 is 0 Å². The Balaban J connectivity index is 1.52. The smallest absolute Gasteiger partial charge is 0.251 e. The summed E-state index contributed by atoms with van der Waals surface area (Å²) in [5.41, 5.74) is 0. The highest BCUT2D eigenvalue weighted by molar-refractivity contribution is 7.15. The predicted molar refractivity (Wildman–Crippen MR) is 89.7 cm³/mol. The highest BCUT2D eigenvalue weighted by atomic mass is 32.1. The summed E-state index contributed by atoms with van der Waals surface area (Å²) in [7, 11) is 0. The van der Waals surface area contributed by atoms with E-state index in [-0.39, 0.29) is 37.8 Å². The van der Waals surface area contributed by atoms with Crippen molar-refractivity contribution in [2.75, 3.05) is 31.1 Å². The van der Waals surface area contributed by atoms with E-state index in [1.807, 2.05) is 0 Å². The second kappa shape index (κ2) is 6.90.